The van der Waals surface area contributed by atoms with Crippen LogP contribution in [0.25, 0.3) is 10.9 Å². The van der Waals surface area contributed by atoms with E-state index in [2.05, 4.69) is 16.0 Å². The van der Waals surface area contributed by atoms with Crippen LogP contribution in [-0.2, 0) is 42.2 Å². The second-order valence-corrected chi connectivity index (χ2v) is 12.2. The summed E-state index contributed by atoms with van der Waals surface area (Å²) in [7, 11) is 3.28. The third-order valence-corrected chi connectivity index (χ3v) is 9.14. The third-order valence-electron chi connectivity index (χ3n) is 9.14. The highest BCUT2D eigenvalue weighted by molar-refractivity contribution is 5.98. The highest BCUT2D eigenvalue weighted by Crippen LogP contribution is 2.24. The van der Waals surface area contributed by atoms with Crippen LogP contribution in [0.1, 0.15) is 77.2 Å². The molecule has 0 bridgehead atoms. The number of carbonyl (C=O) groups excluding carboxylic acids is 5. The number of esters is 1. The van der Waals surface area contributed by atoms with Crippen LogP contribution in [-0.4, -0.2) is 76.9 Å². The number of nitrogens with one attached hydrogen (secondary N) is 3. The van der Waals surface area contributed by atoms with Gasteiger partial charge >= 0.3 is 5.97 Å². The number of aryl methyl sites for hydroxylation is 1. The number of fused-ring (bicyclic) bond motifs is 2. The average Bonchev–Trinajstić information content (AvgIpc) is 3.35. The number of methoxy groups -OCH3 is 1. The Morgan fingerprint density at radius 3 is 2.45 bits per heavy atom. The van der Waals surface area contributed by atoms with Crippen LogP contribution in [0.5, 0.6) is 0 Å². The molecular formula is C33H47N5O6. The maximum Gasteiger partial charge on any atom is 0.305 e. The van der Waals surface area contributed by atoms with E-state index >= 15 is 0 Å². The standard InChI is InChI=1S/C33H47N5O6/c1-5-21(2)29-33(43)38-18-12-11-16-27(38)32(42)34-24(14-7-6-8-17-28(39)44-4)30(40)35-25(31(41)36-29)19-22-20-37(3)26-15-10-9-13-23(22)26/h9-10,13,15,20-21,24-25,27,29H,5-8,11-12,14,16-19H2,1-4H3,(H,34,42)(H,35,40)(H,36,41)/t21?,24-,25-,27+,29-/m0/s1. The van der Waals surface area contributed by atoms with Crippen LogP contribution < -0.4 is 16.0 Å². The Morgan fingerprint density at radius 1 is 0.977 bits per heavy atom. The summed E-state index contributed by atoms with van der Waals surface area (Å²) >= 11 is 0. The summed E-state index contributed by atoms with van der Waals surface area (Å²) in [5.41, 5.74) is 1.89. The van der Waals surface area contributed by atoms with Gasteiger partial charge in [-0.3, -0.25) is 24.0 Å². The van der Waals surface area contributed by atoms with E-state index in [1.165, 1.54) is 7.11 Å². The highest BCUT2D eigenvalue weighted by atomic mass is 16.5. The number of hydrogen-bond acceptors (Lipinski definition) is 6. The Labute approximate surface area is 259 Å². The van der Waals surface area contributed by atoms with Crippen molar-refractivity contribution in [2.75, 3.05) is 13.7 Å². The summed E-state index contributed by atoms with van der Waals surface area (Å²) in [6, 6.07) is 4.47. The zero-order valence-corrected chi connectivity index (χ0v) is 26.4. The molecule has 1 aromatic heterocycles. The lowest BCUT2D eigenvalue weighted by atomic mass is 9.93. The number of para-hydroxylation sites is 1. The van der Waals surface area contributed by atoms with Gasteiger partial charge in [-0.2, -0.15) is 0 Å². The van der Waals surface area contributed by atoms with E-state index in [0.717, 1.165) is 29.3 Å². The predicted octanol–water partition coefficient (Wildman–Crippen LogP) is 2.74. The molecule has 3 N–H and O–H groups in total. The molecule has 11 heteroatoms. The van der Waals surface area contributed by atoms with Gasteiger partial charge in [-0.1, -0.05) is 51.3 Å². The van der Waals surface area contributed by atoms with E-state index < -0.39 is 36.0 Å². The Kier molecular flexibility index (Phi) is 11.4. The molecule has 1 unspecified atom stereocenters. The first-order chi connectivity index (χ1) is 21.1. The number of aromatic nitrogens is 1. The number of unbranched alkanes of at least 4 members (excludes halogenated alkanes) is 2. The van der Waals surface area contributed by atoms with Gasteiger partial charge in [0.2, 0.25) is 23.6 Å². The third kappa shape index (κ3) is 7.78. The summed E-state index contributed by atoms with van der Waals surface area (Å²) in [4.78, 5) is 68.6. The lowest BCUT2D eigenvalue weighted by Crippen LogP contribution is -2.64. The summed E-state index contributed by atoms with van der Waals surface area (Å²) in [5, 5.41) is 9.84. The zero-order valence-electron chi connectivity index (χ0n) is 26.4. The number of benzene rings is 1. The number of nitrogens with zero attached hydrogens (tertiary/aromatic N) is 2. The van der Waals surface area contributed by atoms with Gasteiger partial charge in [-0.25, -0.2) is 0 Å². The number of hydrogen-bond donors (Lipinski definition) is 3. The van der Waals surface area contributed by atoms with E-state index in [4.69, 9.17) is 4.74 Å². The van der Waals surface area contributed by atoms with Crippen LogP contribution in [0, 0.1) is 5.92 Å². The second-order valence-electron chi connectivity index (χ2n) is 12.2. The first-order valence-electron chi connectivity index (χ1n) is 16.0. The van der Waals surface area contributed by atoms with Crippen molar-refractivity contribution in [2.45, 2.75) is 102 Å². The SMILES string of the molecule is CCC(C)[C@@H]1NC(=O)[C@H](Cc2cn(C)c3ccccc23)NC(=O)[C@H](CCCCCC(=O)OC)NC(=O)[C@H]2CCCCN2C1=O. The van der Waals surface area contributed by atoms with E-state index in [1.807, 2.05) is 55.9 Å². The molecule has 44 heavy (non-hydrogen) atoms. The maximum absolute atomic E-state index is 14.0. The molecule has 0 saturated carbocycles. The van der Waals surface area contributed by atoms with Gasteiger partial charge in [0.15, 0.2) is 0 Å². The van der Waals surface area contributed by atoms with E-state index in [-0.39, 0.29) is 36.5 Å². The Bertz CT molecular complexity index is 1360. The summed E-state index contributed by atoms with van der Waals surface area (Å²) < 4.78 is 6.70. The van der Waals surface area contributed by atoms with Crippen molar-refractivity contribution >= 4 is 40.5 Å². The number of piperidine rings is 1. The minimum atomic E-state index is -0.969. The number of rotatable bonds is 10. The van der Waals surface area contributed by atoms with Gasteiger partial charge in [0.25, 0.3) is 0 Å². The fourth-order valence-electron chi connectivity index (χ4n) is 6.31. The zero-order chi connectivity index (χ0) is 31.8. The normalized spacial score (nSPS) is 24.0. The van der Waals surface area contributed by atoms with Crippen molar-refractivity contribution in [3.8, 4) is 0 Å². The highest BCUT2D eigenvalue weighted by Gasteiger charge is 2.40. The van der Waals surface area contributed by atoms with Gasteiger partial charge in [0.1, 0.15) is 24.2 Å². The van der Waals surface area contributed by atoms with Crippen molar-refractivity contribution in [2.24, 2.45) is 13.0 Å². The molecule has 4 amide bonds. The Morgan fingerprint density at radius 2 is 1.70 bits per heavy atom. The van der Waals surface area contributed by atoms with Crippen molar-refractivity contribution in [3.63, 3.8) is 0 Å². The smallest absolute Gasteiger partial charge is 0.305 e. The molecule has 5 atom stereocenters. The number of amides is 4. The minimum absolute atomic E-state index is 0.174. The molecule has 2 saturated heterocycles. The quantitative estimate of drug-likeness (QED) is 0.280. The molecule has 0 radical (unpaired) electrons. The maximum atomic E-state index is 14.0. The summed E-state index contributed by atoms with van der Waals surface area (Å²) in [6.07, 6.45) is 7.34. The average molecular weight is 610 g/mol. The Balaban J connectivity index is 1.65. The van der Waals surface area contributed by atoms with Gasteiger partial charge in [-0.15, -0.1) is 0 Å². The largest absolute Gasteiger partial charge is 0.469 e. The summed E-state index contributed by atoms with van der Waals surface area (Å²) in [5.74, 6) is -1.95. The van der Waals surface area contributed by atoms with E-state index in [1.54, 1.807) is 4.90 Å². The lowest BCUT2D eigenvalue weighted by Gasteiger charge is -2.39. The van der Waals surface area contributed by atoms with Crippen molar-refractivity contribution < 1.29 is 28.7 Å². The Hall–Kier alpha value is -3.89. The van der Waals surface area contributed by atoms with Crippen LogP contribution >= 0.6 is 0 Å². The van der Waals surface area contributed by atoms with Gasteiger partial charge < -0.3 is 30.2 Å². The molecule has 11 nitrogen and oxygen atoms in total. The molecule has 2 aliphatic heterocycles. The minimum Gasteiger partial charge on any atom is -0.469 e. The molecule has 0 aliphatic carbocycles. The first-order valence-corrected chi connectivity index (χ1v) is 16.0. The molecule has 1 aromatic carbocycles. The summed E-state index contributed by atoms with van der Waals surface area (Å²) in [6.45, 7) is 4.30. The molecule has 3 heterocycles. The molecule has 4 rings (SSSR count). The van der Waals surface area contributed by atoms with Crippen LogP contribution in [0.2, 0.25) is 0 Å². The van der Waals surface area contributed by atoms with Crippen LogP contribution in [0.3, 0.4) is 0 Å². The fourth-order valence-corrected chi connectivity index (χ4v) is 6.31. The molecule has 2 aromatic rings. The topological polar surface area (TPSA) is 139 Å². The van der Waals surface area contributed by atoms with Crippen LogP contribution in [0.15, 0.2) is 30.5 Å². The van der Waals surface area contributed by atoms with Crippen molar-refractivity contribution in [3.05, 3.63) is 36.0 Å². The van der Waals surface area contributed by atoms with Crippen molar-refractivity contribution in [1.82, 2.24) is 25.4 Å². The molecule has 240 valence electrons. The lowest BCUT2D eigenvalue weighted by molar-refractivity contribution is -0.147. The molecule has 2 fully saturated rings. The van der Waals surface area contributed by atoms with Crippen LogP contribution in [0.4, 0.5) is 0 Å². The number of ether oxygens (including phenoxy) is 1. The predicted molar refractivity (Wildman–Crippen MR) is 166 cm³/mol. The van der Waals surface area contributed by atoms with Crippen molar-refractivity contribution in [1.29, 1.82) is 0 Å². The van der Waals surface area contributed by atoms with Gasteiger partial charge in [0.05, 0.1) is 7.11 Å². The number of carbonyl (C=O) groups is 5. The molecule has 0 spiro atoms. The molecule has 2 aliphatic rings. The van der Waals surface area contributed by atoms with Gasteiger partial charge in [-0.05, 0) is 49.7 Å². The fraction of sp³-hybridized carbons (Fsp3) is 0.606. The molecular weight excluding hydrogens is 562 g/mol. The van der Waals surface area contributed by atoms with E-state index in [9.17, 15) is 24.0 Å². The van der Waals surface area contributed by atoms with E-state index in [0.29, 0.717) is 45.1 Å². The second kappa shape index (κ2) is 15.2. The first kappa shape index (κ1) is 33.0. The monoisotopic (exact) mass is 609 g/mol. The van der Waals surface area contributed by atoms with Gasteiger partial charge in [0, 0.05) is 43.5 Å².